The second kappa shape index (κ2) is 6.18. The van der Waals surface area contributed by atoms with Crippen molar-refractivity contribution in [3.8, 4) is 0 Å². The van der Waals surface area contributed by atoms with Crippen LogP contribution in [0.2, 0.25) is 18.1 Å². The number of hydrogen-bond donors (Lipinski definition) is 0. The normalized spacial score (nSPS) is 12.8. The van der Waals surface area contributed by atoms with E-state index in [9.17, 15) is 0 Å². The standard InChI is InChI=1S/C14H24ClNOSi/c1-14(2,3)18(4,5)17-9-8-13-7-6-12(10-15)11-16-13/h6-7,11H,8-10H2,1-5H3. The summed E-state index contributed by atoms with van der Waals surface area (Å²) in [6.45, 7) is 12.1. The van der Waals surface area contributed by atoms with Crippen LogP contribution in [0.25, 0.3) is 0 Å². The molecule has 0 radical (unpaired) electrons. The van der Waals surface area contributed by atoms with Crippen molar-refractivity contribution in [1.82, 2.24) is 4.98 Å². The Labute approximate surface area is 117 Å². The minimum Gasteiger partial charge on any atom is -0.416 e. The quantitative estimate of drug-likeness (QED) is 0.591. The highest BCUT2D eigenvalue weighted by Gasteiger charge is 2.36. The van der Waals surface area contributed by atoms with Crippen LogP contribution in [0.1, 0.15) is 32.0 Å². The third kappa shape index (κ3) is 4.37. The molecule has 2 nitrogen and oxygen atoms in total. The number of aromatic nitrogens is 1. The first kappa shape index (κ1) is 15.7. The molecule has 102 valence electrons. The molecule has 0 aliphatic heterocycles. The van der Waals surface area contributed by atoms with E-state index in [1.54, 1.807) is 0 Å². The first-order chi connectivity index (χ1) is 8.26. The van der Waals surface area contributed by atoms with E-state index in [4.69, 9.17) is 16.0 Å². The lowest BCUT2D eigenvalue weighted by atomic mass is 10.2. The van der Waals surface area contributed by atoms with Gasteiger partial charge in [-0.15, -0.1) is 11.6 Å². The van der Waals surface area contributed by atoms with Gasteiger partial charge in [-0.3, -0.25) is 4.98 Å². The molecule has 0 aromatic carbocycles. The molecule has 0 unspecified atom stereocenters. The fourth-order valence-corrected chi connectivity index (χ4v) is 2.51. The largest absolute Gasteiger partial charge is 0.416 e. The summed E-state index contributed by atoms with van der Waals surface area (Å²) >= 11 is 5.73. The molecule has 0 amide bonds. The topological polar surface area (TPSA) is 22.1 Å². The van der Waals surface area contributed by atoms with E-state index in [1.807, 2.05) is 18.3 Å². The molecule has 0 N–H and O–H groups in total. The summed E-state index contributed by atoms with van der Waals surface area (Å²) in [6.07, 6.45) is 2.71. The van der Waals surface area contributed by atoms with Crippen molar-refractivity contribution in [2.45, 2.75) is 51.2 Å². The highest BCUT2D eigenvalue weighted by molar-refractivity contribution is 6.74. The Kier molecular flexibility index (Phi) is 5.38. The third-order valence-corrected chi connectivity index (χ3v) is 8.51. The summed E-state index contributed by atoms with van der Waals surface area (Å²) in [4.78, 5) is 4.38. The maximum Gasteiger partial charge on any atom is 0.191 e. The van der Waals surface area contributed by atoms with E-state index in [-0.39, 0.29) is 5.04 Å². The van der Waals surface area contributed by atoms with Gasteiger partial charge in [0.15, 0.2) is 8.32 Å². The Bertz CT molecular complexity index is 370. The zero-order chi connectivity index (χ0) is 13.8. The lowest BCUT2D eigenvalue weighted by Crippen LogP contribution is -2.41. The van der Waals surface area contributed by atoms with Crippen LogP contribution >= 0.6 is 11.6 Å². The molecule has 0 atom stereocenters. The molecule has 0 spiro atoms. The Morgan fingerprint density at radius 3 is 2.39 bits per heavy atom. The van der Waals surface area contributed by atoms with E-state index in [2.05, 4.69) is 38.8 Å². The van der Waals surface area contributed by atoms with Crippen molar-refractivity contribution in [2.24, 2.45) is 0 Å². The Hall–Kier alpha value is -0.383. The van der Waals surface area contributed by atoms with Gasteiger partial charge in [0.25, 0.3) is 0 Å². The Morgan fingerprint density at radius 1 is 1.28 bits per heavy atom. The molecule has 1 aromatic rings. The first-order valence-corrected chi connectivity index (χ1v) is 9.84. The van der Waals surface area contributed by atoms with Gasteiger partial charge in [-0.1, -0.05) is 26.8 Å². The lowest BCUT2D eigenvalue weighted by Gasteiger charge is -2.36. The second-order valence-electron chi connectivity index (χ2n) is 6.15. The van der Waals surface area contributed by atoms with Gasteiger partial charge in [-0.05, 0) is 29.8 Å². The highest BCUT2D eigenvalue weighted by atomic mass is 35.5. The van der Waals surface area contributed by atoms with Gasteiger partial charge in [-0.2, -0.15) is 0 Å². The lowest BCUT2D eigenvalue weighted by molar-refractivity contribution is 0.291. The number of rotatable bonds is 5. The number of hydrogen-bond acceptors (Lipinski definition) is 2. The van der Waals surface area contributed by atoms with E-state index >= 15 is 0 Å². The van der Waals surface area contributed by atoms with Gasteiger partial charge in [0, 0.05) is 30.8 Å². The maximum absolute atomic E-state index is 6.13. The fourth-order valence-electron chi connectivity index (χ4n) is 1.31. The van der Waals surface area contributed by atoms with Gasteiger partial charge in [0.2, 0.25) is 0 Å². The van der Waals surface area contributed by atoms with Gasteiger partial charge in [-0.25, -0.2) is 0 Å². The predicted molar refractivity (Wildman–Crippen MR) is 80.6 cm³/mol. The summed E-state index contributed by atoms with van der Waals surface area (Å²) in [5.41, 5.74) is 2.13. The van der Waals surface area contributed by atoms with Crippen LogP contribution < -0.4 is 0 Å². The molecule has 0 aliphatic carbocycles. The molecule has 1 aromatic heterocycles. The Balaban J connectivity index is 2.46. The molecule has 1 rings (SSSR count). The average molecular weight is 286 g/mol. The van der Waals surface area contributed by atoms with Crippen molar-refractivity contribution in [2.75, 3.05) is 6.61 Å². The van der Waals surface area contributed by atoms with Crippen molar-refractivity contribution >= 4 is 19.9 Å². The van der Waals surface area contributed by atoms with E-state index in [1.165, 1.54) is 0 Å². The summed E-state index contributed by atoms with van der Waals surface area (Å²) in [7, 11) is -1.63. The van der Waals surface area contributed by atoms with E-state index < -0.39 is 8.32 Å². The molecule has 18 heavy (non-hydrogen) atoms. The smallest absolute Gasteiger partial charge is 0.191 e. The van der Waals surface area contributed by atoms with Crippen molar-refractivity contribution < 1.29 is 4.43 Å². The van der Waals surface area contributed by atoms with Crippen molar-refractivity contribution in [3.63, 3.8) is 0 Å². The summed E-state index contributed by atoms with van der Waals surface area (Å²) in [6, 6.07) is 4.06. The monoisotopic (exact) mass is 285 g/mol. The molecule has 0 aliphatic rings. The third-order valence-electron chi connectivity index (χ3n) is 3.67. The highest BCUT2D eigenvalue weighted by Crippen LogP contribution is 2.36. The maximum atomic E-state index is 6.13. The van der Waals surface area contributed by atoms with Crippen LogP contribution in [-0.4, -0.2) is 19.9 Å². The summed E-state index contributed by atoms with van der Waals surface area (Å²) in [5, 5.41) is 0.267. The van der Waals surface area contributed by atoms with Crippen LogP contribution in [0.5, 0.6) is 0 Å². The van der Waals surface area contributed by atoms with Crippen LogP contribution in [0.4, 0.5) is 0 Å². The number of pyridine rings is 1. The van der Waals surface area contributed by atoms with Crippen LogP contribution in [-0.2, 0) is 16.7 Å². The first-order valence-electron chi connectivity index (χ1n) is 6.40. The summed E-state index contributed by atoms with van der Waals surface area (Å²) < 4.78 is 6.13. The van der Waals surface area contributed by atoms with Crippen molar-refractivity contribution in [3.05, 3.63) is 29.6 Å². The predicted octanol–water partition coefficient (Wildman–Crippen LogP) is 4.38. The SMILES string of the molecule is CC(C)(C)[Si](C)(C)OCCc1ccc(CCl)cn1. The molecule has 0 bridgehead atoms. The second-order valence-corrected chi connectivity index (χ2v) is 11.2. The van der Waals surface area contributed by atoms with Gasteiger partial charge < -0.3 is 4.43 Å². The fraction of sp³-hybridized carbons (Fsp3) is 0.643. The minimum atomic E-state index is -1.63. The number of halogens is 1. The van der Waals surface area contributed by atoms with Gasteiger partial charge in [0.05, 0.1) is 0 Å². The van der Waals surface area contributed by atoms with E-state index in [0.717, 1.165) is 24.3 Å². The molecular formula is C14H24ClNOSi. The van der Waals surface area contributed by atoms with Crippen LogP contribution in [0.3, 0.4) is 0 Å². The van der Waals surface area contributed by atoms with Crippen LogP contribution in [0.15, 0.2) is 18.3 Å². The van der Waals surface area contributed by atoms with E-state index in [0.29, 0.717) is 5.88 Å². The number of nitrogens with zero attached hydrogens (tertiary/aromatic N) is 1. The van der Waals surface area contributed by atoms with Gasteiger partial charge >= 0.3 is 0 Å². The molecule has 0 fully saturated rings. The van der Waals surface area contributed by atoms with Gasteiger partial charge in [0.1, 0.15) is 0 Å². The zero-order valence-electron chi connectivity index (χ0n) is 12.1. The molecule has 0 saturated heterocycles. The molecule has 4 heteroatoms. The number of alkyl halides is 1. The molecule has 0 saturated carbocycles. The van der Waals surface area contributed by atoms with Crippen LogP contribution in [0, 0.1) is 0 Å². The Morgan fingerprint density at radius 2 is 1.94 bits per heavy atom. The average Bonchev–Trinajstić information content (AvgIpc) is 2.28. The van der Waals surface area contributed by atoms with Crippen molar-refractivity contribution in [1.29, 1.82) is 0 Å². The zero-order valence-corrected chi connectivity index (χ0v) is 13.8. The molecule has 1 heterocycles. The summed E-state index contributed by atoms with van der Waals surface area (Å²) in [5.74, 6) is 0.522. The molecular weight excluding hydrogens is 262 g/mol. The minimum absolute atomic E-state index is 0.267.